The lowest BCUT2D eigenvalue weighted by Gasteiger charge is -2.08. The second-order valence-corrected chi connectivity index (χ2v) is 6.25. The Morgan fingerprint density at radius 3 is 3.00 bits per heavy atom. The first-order valence-corrected chi connectivity index (χ1v) is 7.66. The zero-order valence-electron chi connectivity index (χ0n) is 10.7. The van der Waals surface area contributed by atoms with Gasteiger partial charge in [0.2, 0.25) is 11.7 Å². The first-order chi connectivity index (χ1) is 9.11. The summed E-state index contributed by atoms with van der Waals surface area (Å²) in [6.45, 7) is 2.14. The first-order valence-electron chi connectivity index (χ1n) is 6.10. The summed E-state index contributed by atoms with van der Waals surface area (Å²) in [5.74, 6) is 0.295. The standard InChI is InChI=1S/C13H16N2O3S/c1-2-18-12(16)8-19-7-9(14)13(17)15-10-5-3-4-6-11(10)19/h3-6,9H,2,7-8,14H2,1H3/p+1. The quantitative estimate of drug-likeness (QED) is 0.624. The van der Waals surface area contributed by atoms with Crippen LogP contribution in [-0.2, 0) is 25.2 Å². The van der Waals surface area contributed by atoms with Crippen molar-refractivity contribution in [1.82, 2.24) is 0 Å². The molecule has 1 aliphatic heterocycles. The van der Waals surface area contributed by atoms with E-state index in [1.54, 1.807) is 6.92 Å². The normalized spacial score (nSPS) is 22.1. The van der Waals surface area contributed by atoms with Gasteiger partial charge in [-0.25, -0.2) is 4.79 Å². The molecule has 102 valence electrons. The van der Waals surface area contributed by atoms with E-state index >= 15 is 0 Å². The Morgan fingerprint density at radius 1 is 1.53 bits per heavy atom. The van der Waals surface area contributed by atoms with Crippen molar-refractivity contribution < 1.29 is 14.3 Å². The molecule has 0 fully saturated rings. The molecule has 1 amide bonds. The second-order valence-electron chi connectivity index (χ2n) is 4.20. The first kappa shape index (κ1) is 13.9. The van der Waals surface area contributed by atoms with Crippen molar-refractivity contribution >= 4 is 28.5 Å². The minimum Gasteiger partial charge on any atom is -0.463 e. The Balaban J connectivity index is 2.26. The highest BCUT2D eigenvalue weighted by molar-refractivity contribution is 7.97. The topological polar surface area (TPSA) is 81.4 Å². The fraction of sp³-hybridized carbons (Fsp3) is 0.385. The molecule has 0 aliphatic carbocycles. The SMILES string of the molecule is CCOC(=O)C[S+]1CC(N)C(=O)Nc2ccccc21. The number of ether oxygens (including phenoxy) is 1. The van der Waals surface area contributed by atoms with Crippen LogP contribution >= 0.6 is 0 Å². The van der Waals surface area contributed by atoms with Crippen molar-refractivity contribution in [3.05, 3.63) is 24.3 Å². The van der Waals surface area contributed by atoms with Gasteiger partial charge < -0.3 is 15.8 Å². The molecule has 0 spiro atoms. The van der Waals surface area contributed by atoms with Crippen LogP contribution in [-0.4, -0.2) is 36.0 Å². The van der Waals surface area contributed by atoms with E-state index in [0.717, 1.165) is 10.6 Å². The molecule has 0 aromatic heterocycles. The van der Waals surface area contributed by atoms with Crippen LogP contribution in [0.25, 0.3) is 0 Å². The number of hydrogen-bond acceptors (Lipinski definition) is 4. The van der Waals surface area contributed by atoms with Gasteiger partial charge >= 0.3 is 5.97 Å². The van der Waals surface area contributed by atoms with Crippen LogP contribution in [0.3, 0.4) is 0 Å². The summed E-state index contributed by atoms with van der Waals surface area (Å²) in [5.41, 5.74) is 6.58. The summed E-state index contributed by atoms with van der Waals surface area (Å²) >= 11 is 0. The molecule has 2 unspecified atom stereocenters. The highest BCUT2D eigenvalue weighted by Gasteiger charge is 2.37. The number of carbonyl (C=O) groups is 2. The monoisotopic (exact) mass is 281 g/mol. The van der Waals surface area contributed by atoms with Crippen molar-refractivity contribution in [2.75, 3.05) is 23.4 Å². The highest BCUT2D eigenvalue weighted by atomic mass is 32.2. The summed E-state index contributed by atoms with van der Waals surface area (Å²) in [6.07, 6.45) is 0. The number of esters is 1. The lowest BCUT2D eigenvalue weighted by Crippen LogP contribution is -2.40. The average Bonchev–Trinajstić information content (AvgIpc) is 2.49. The van der Waals surface area contributed by atoms with Crippen LogP contribution < -0.4 is 11.1 Å². The maximum atomic E-state index is 11.8. The molecular formula is C13H17N2O3S+. The number of benzene rings is 1. The van der Waals surface area contributed by atoms with Crippen molar-refractivity contribution in [2.24, 2.45) is 5.73 Å². The van der Waals surface area contributed by atoms with Gasteiger partial charge in [0, 0.05) is 10.9 Å². The largest absolute Gasteiger partial charge is 0.463 e. The number of para-hydroxylation sites is 1. The molecule has 6 heteroatoms. The summed E-state index contributed by atoms with van der Waals surface area (Å²) < 4.78 is 4.98. The van der Waals surface area contributed by atoms with Gasteiger partial charge in [0.25, 0.3) is 0 Å². The van der Waals surface area contributed by atoms with Crippen molar-refractivity contribution in [3.8, 4) is 0 Å². The van der Waals surface area contributed by atoms with Gasteiger partial charge in [0.1, 0.15) is 11.8 Å². The number of hydrogen-bond donors (Lipinski definition) is 2. The van der Waals surface area contributed by atoms with Gasteiger partial charge in [-0.15, -0.1) is 0 Å². The van der Waals surface area contributed by atoms with Crippen molar-refractivity contribution in [3.63, 3.8) is 0 Å². The average molecular weight is 281 g/mol. The van der Waals surface area contributed by atoms with Gasteiger partial charge in [-0.3, -0.25) is 4.79 Å². The van der Waals surface area contributed by atoms with E-state index in [2.05, 4.69) is 5.32 Å². The lowest BCUT2D eigenvalue weighted by atomic mass is 10.3. The lowest BCUT2D eigenvalue weighted by molar-refractivity contribution is -0.139. The smallest absolute Gasteiger partial charge is 0.356 e. The van der Waals surface area contributed by atoms with E-state index in [0.29, 0.717) is 12.4 Å². The molecule has 0 bridgehead atoms. The highest BCUT2D eigenvalue weighted by Crippen LogP contribution is 2.27. The molecule has 5 nitrogen and oxygen atoms in total. The predicted molar refractivity (Wildman–Crippen MR) is 75.0 cm³/mol. The van der Waals surface area contributed by atoms with Gasteiger partial charge in [-0.2, -0.15) is 0 Å². The minimum atomic E-state index is -0.592. The zero-order chi connectivity index (χ0) is 13.8. The second kappa shape index (κ2) is 6.08. The molecule has 0 radical (unpaired) electrons. The van der Waals surface area contributed by atoms with Gasteiger partial charge in [-0.1, -0.05) is 12.1 Å². The summed E-state index contributed by atoms with van der Waals surface area (Å²) in [5, 5.41) is 2.80. The van der Waals surface area contributed by atoms with Crippen LogP contribution in [0, 0.1) is 0 Å². The number of anilines is 1. The van der Waals surface area contributed by atoms with Crippen LogP contribution in [0.1, 0.15) is 6.92 Å². The van der Waals surface area contributed by atoms with E-state index < -0.39 is 16.9 Å². The van der Waals surface area contributed by atoms with E-state index in [-0.39, 0.29) is 17.6 Å². The summed E-state index contributed by atoms with van der Waals surface area (Å²) in [4.78, 5) is 24.4. The van der Waals surface area contributed by atoms with E-state index in [1.165, 1.54) is 0 Å². The molecule has 19 heavy (non-hydrogen) atoms. The molecule has 3 N–H and O–H groups in total. The Labute approximate surface area is 114 Å². The number of nitrogens with one attached hydrogen (secondary N) is 1. The molecule has 2 atom stereocenters. The summed E-state index contributed by atoms with van der Waals surface area (Å²) in [7, 11) is -0.402. The molecule has 1 aliphatic rings. The Hall–Kier alpha value is -1.53. The zero-order valence-corrected chi connectivity index (χ0v) is 11.5. The third-order valence-electron chi connectivity index (χ3n) is 2.77. The molecule has 1 aromatic rings. The third-order valence-corrected chi connectivity index (χ3v) is 5.09. The van der Waals surface area contributed by atoms with Gasteiger partial charge in [0.15, 0.2) is 4.90 Å². The van der Waals surface area contributed by atoms with Crippen LogP contribution in [0.15, 0.2) is 29.2 Å². The van der Waals surface area contributed by atoms with Crippen LogP contribution in [0.5, 0.6) is 0 Å². The van der Waals surface area contributed by atoms with Crippen LogP contribution in [0.2, 0.25) is 0 Å². The third kappa shape index (κ3) is 3.27. The Morgan fingerprint density at radius 2 is 2.26 bits per heavy atom. The van der Waals surface area contributed by atoms with E-state index in [9.17, 15) is 9.59 Å². The van der Waals surface area contributed by atoms with Crippen molar-refractivity contribution in [1.29, 1.82) is 0 Å². The predicted octanol–water partition coefficient (Wildman–Crippen LogP) is 0.506. The van der Waals surface area contributed by atoms with E-state index in [4.69, 9.17) is 10.5 Å². The number of carbonyl (C=O) groups excluding carboxylic acids is 2. The molecule has 1 aromatic carbocycles. The fourth-order valence-corrected chi connectivity index (χ4v) is 4.02. The van der Waals surface area contributed by atoms with Crippen LogP contribution in [0.4, 0.5) is 5.69 Å². The molecular weight excluding hydrogens is 264 g/mol. The number of fused-ring (bicyclic) bond motifs is 1. The number of amides is 1. The maximum Gasteiger partial charge on any atom is 0.356 e. The Bertz CT molecular complexity index is 493. The van der Waals surface area contributed by atoms with Gasteiger partial charge in [-0.05, 0) is 19.1 Å². The molecule has 0 saturated heterocycles. The molecule has 2 rings (SSSR count). The minimum absolute atomic E-state index is 0.202. The number of nitrogens with two attached hydrogens (primary N) is 1. The molecule has 0 saturated carbocycles. The van der Waals surface area contributed by atoms with E-state index in [1.807, 2.05) is 24.3 Å². The fourth-order valence-electron chi connectivity index (χ4n) is 1.91. The summed E-state index contributed by atoms with van der Waals surface area (Å²) in [6, 6.07) is 6.91. The Kier molecular flexibility index (Phi) is 4.44. The maximum absolute atomic E-state index is 11.8. The van der Waals surface area contributed by atoms with Gasteiger partial charge in [0.05, 0.1) is 12.3 Å². The number of rotatable bonds is 3. The molecule has 1 heterocycles. The van der Waals surface area contributed by atoms with Crippen molar-refractivity contribution in [2.45, 2.75) is 17.9 Å².